The van der Waals surface area contributed by atoms with E-state index in [1.54, 1.807) is 17.3 Å². The second kappa shape index (κ2) is 6.86. The van der Waals surface area contributed by atoms with E-state index in [4.69, 9.17) is 9.47 Å². The summed E-state index contributed by atoms with van der Waals surface area (Å²) in [7, 11) is 0. The number of likely N-dealkylation sites (tertiary alicyclic amines) is 1. The number of ether oxygens (including phenoxy) is 2. The van der Waals surface area contributed by atoms with Crippen molar-refractivity contribution < 1.29 is 14.3 Å². The molecule has 0 unspecified atom stereocenters. The van der Waals surface area contributed by atoms with Crippen molar-refractivity contribution in [1.29, 1.82) is 0 Å². The molecule has 6 heteroatoms. The van der Waals surface area contributed by atoms with Crippen molar-refractivity contribution >= 4 is 22.0 Å². The van der Waals surface area contributed by atoms with Gasteiger partial charge in [0.2, 0.25) is 0 Å². The van der Waals surface area contributed by atoms with Crippen LogP contribution in [0.15, 0.2) is 22.9 Å². The molecule has 0 aromatic carbocycles. The summed E-state index contributed by atoms with van der Waals surface area (Å²) in [5.74, 6) is 1.13. The van der Waals surface area contributed by atoms with Crippen LogP contribution in [-0.4, -0.2) is 40.8 Å². The van der Waals surface area contributed by atoms with Crippen molar-refractivity contribution in [3.8, 4) is 5.75 Å². The van der Waals surface area contributed by atoms with Gasteiger partial charge in [-0.15, -0.1) is 0 Å². The van der Waals surface area contributed by atoms with E-state index in [1.165, 1.54) is 0 Å². The molecule has 2 atom stereocenters. The lowest BCUT2D eigenvalue weighted by atomic mass is 10.1. The van der Waals surface area contributed by atoms with E-state index in [9.17, 15) is 4.79 Å². The average Bonchev–Trinajstić information content (AvgIpc) is 2.77. The molecule has 1 aromatic heterocycles. The summed E-state index contributed by atoms with van der Waals surface area (Å²) >= 11 is 3.43. The first-order chi connectivity index (χ1) is 10.3. The molecule has 0 bridgehead atoms. The first-order valence-corrected chi connectivity index (χ1v) is 8.27. The number of aromatic nitrogens is 1. The SMILES string of the molecule is C[C@H]1C[C@@H](COc2cnccc2Br)N(C(=O)OC(C)(C)C)C1. The lowest BCUT2D eigenvalue weighted by Gasteiger charge is -2.28. The molecule has 1 fully saturated rings. The van der Waals surface area contributed by atoms with E-state index in [0.717, 1.165) is 10.9 Å². The van der Waals surface area contributed by atoms with Gasteiger partial charge in [-0.3, -0.25) is 4.98 Å². The van der Waals surface area contributed by atoms with E-state index in [-0.39, 0.29) is 12.1 Å². The predicted molar refractivity (Wildman–Crippen MR) is 87.9 cm³/mol. The van der Waals surface area contributed by atoms with Crippen molar-refractivity contribution in [1.82, 2.24) is 9.88 Å². The lowest BCUT2D eigenvalue weighted by molar-refractivity contribution is 0.0183. The maximum absolute atomic E-state index is 12.3. The maximum atomic E-state index is 12.3. The Bertz CT molecular complexity index is 530. The summed E-state index contributed by atoms with van der Waals surface area (Å²) in [4.78, 5) is 18.1. The van der Waals surface area contributed by atoms with Crippen LogP contribution in [-0.2, 0) is 4.74 Å². The van der Waals surface area contributed by atoms with Crippen LogP contribution in [0.4, 0.5) is 4.79 Å². The Morgan fingerprint density at radius 3 is 2.86 bits per heavy atom. The summed E-state index contributed by atoms with van der Waals surface area (Å²) in [6.45, 7) is 8.91. The number of hydrogen-bond acceptors (Lipinski definition) is 4. The van der Waals surface area contributed by atoms with Crippen LogP contribution in [0.1, 0.15) is 34.1 Å². The summed E-state index contributed by atoms with van der Waals surface area (Å²) < 4.78 is 12.2. The zero-order valence-electron chi connectivity index (χ0n) is 13.5. The highest BCUT2D eigenvalue weighted by Crippen LogP contribution is 2.28. The monoisotopic (exact) mass is 370 g/mol. The van der Waals surface area contributed by atoms with Gasteiger partial charge in [0.1, 0.15) is 12.2 Å². The molecule has 22 heavy (non-hydrogen) atoms. The fourth-order valence-corrected chi connectivity index (χ4v) is 2.84. The number of halogens is 1. The molecule has 122 valence electrons. The fourth-order valence-electron chi connectivity index (χ4n) is 2.51. The van der Waals surface area contributed by atoms with Gasteiger partial charge in [-0.05, 0) is 55.1 Å². The normalized spacial score (nSPS) is 21.8. The number of pyridine rings is 1. The van der Waals surface area contributed by atoms with Gasteiger partial charge in [0.25, 0.3) is 0 Å². The quantitative estimate of drug-likeness (QED) is 0.810. The van der Waals surface area contributed by atoms with Crippen LogP contribution >= 0.6 is 15.9 Å². The van der Waals surface area contributed by atoms with Gasteiger partial charge in [-0.1, -0.05) is 6.92 Å². The fraction of sp³-hybridized carbons (Fsp3) is 0.625. The third-order valence-corrected chi connectivity index (χ3v) is 4.07. The molecule has 0 saturated carbocycles. The molecule has 0 N–H and O–H groups in total. The standard InChI is InChI=1S/C16H23BrN2O3/c1-11-7-12(10-21-14-8-18-6-5-13(14)17)19(9-11)15(20)22-16(2,3)4/h5-6,8,11-12H,7,9-10H2,1-4H3/t11-,12-/m0/s1. The molecule has 5 nitrogen and oxygen atoms in total. The lowest BCUT2D eigenvalue weighted by Crippen LogP contribution is -2.42. The molecule has 1 aromatic rings. The molecule has 2 heterocycles. The summed E-state index contributed by atoms with van der Waals surface area (Å²) in [6.07, 6.45) is 4.01. The highest BCUT2D eigenvalue weighted by atomic mass is 79.9. The molecular formula is C16H23BrN2O3. The number of amides is 1. The summed E-state index contributed by atoms with van der Waals surface area (Å²) in [5.41, 5.74) is -0.485. The van der Waals surface area contributed by atoms with Crippen LogP contribution in [0, 0.1) is 5.92 Å². The minimum atomic E-state index is -0.485. The third kappa shape index (κ3) is 4.60. The topological polar surface area (TPSA) is 51.7 Å². The largest absolute Gasteiger partial charge is 0.489 e. The average molecular weight is 371 g/mol. The molecule has 2 rings (SSSR count). The Morgan fingerprint density at radius 1 is 1.50 bits per heavy atom. The van der Waals surface area contributed by atoms with Gasteiger partial charge >= 0.3 is 6.09 Å². The van der Waals surface area contributed by atoms with Crippen molar-refractivity contribution in [3.63, 3.8) is 0 Å². The van der Waals surface area contributed by atoms with Crippen molar-refractivity contribution in [2.24, 2.45) is 5.92 Å². The Hall–Kier alpha value is -1.30. The first-order valence-electron chi connectivity index (χ1n) is 7.48. The smallest absolute Gasteiger partial charge is 0.410 e. The van der Waals surface area contributed by atoms with E-state index >= 15 is 0 Å². The Morgan fingerprint density at radius 2 is 2.23 bits per heavy atom. The highest BCUT2D eigenvalue weighted by Gasteiger charge is 2.36. The van der Waals surface area contributed by atoms with Gasteiger partial charge in [-0.2, -0.15) is 0 Å². The van der Waals surface area contributed by atoms with E-state index in [2.05, 4.69) is 27.8 Å². The molecular weight excluding hydrogens is 348 g/mol. The Balaban J connectivity index is 1.99. The van der Waals surface area contributed by atoms with Gasteiger partial charge in [0, 0.05) is 12.7 Å². The molecule has 1 saturated heterocycles. The predicted octanol–water partition coefficient (Wildman–Crippen LogP) is 3.87. The van der Waals surface area contributed by atoms with Crippen LogP contribution in [0.3, 0.4) is 0 Å². The van der Waals surface area contributed by atoms with E-state index in [1.807, 2.05) is 26.8 Å². The van der Waals surface area contributed by atoms with Gasteiger partial charge in [0.05, 0.1) is 16.7 Å². The number of hydrogen-bond donors (Lipinski definition) is 0. The maximum Gasteiger partial charge on any atom is 0.410 e. The Labute approximate surface area is 140 Å². The van der Waals surface area contributed by atoms with Crippen molar-refractivity contribution in [2.75, 3.05) is 13.2 Å². The zero-order valence-corrected chi connectivity index (χ0v) is 15.1. The summed E-state index contributed by atoms with van der Waals surface area (Å²) in [5, 5.41) is 0. The number of nitrogens with zero attached hydrogens (tertiary/aromatic N) is 2. The Kier molecular flexibility index (Phi) is 5.32. The highest BCUT2D eigenvalue weighted by molar-refractivity contribution is 9.10. The second-order valence-corrected chi connectivity index (χ2v) is 7.60. The molecule has 0 aliphatic carbocycles. The van der Waals surface area contributed by atoms with Crippen molar-refractivity contribution in [3.05, 3.63) is 22.9 Å². The zero-order chi connectivity index (χ0) is 16.3. The van der Waals surface area contributed by atoms with Crippen LogP contribution in [0.25, 0.3) is 0 Å². The van der Waals surface area contributed by atoms with Crippen molar-refractivity contribution in [2.45, 2.75) is 45.8 Å². The number of carbonyl (C=O) groups is 1. The number of carbonyl (C=O) groups excluding carboxylic acids is 1. The first kappa shape index (κ1) is 17.1. The minimum Gasteiger partial charge on any atom is -0.489 e. The van der Waals surface area contributed by atoms with Gasteiger partial charge < -0.3 is 14.4 Å². The van der Waals surface area contributed by atoms with Gasteiger partial charge in [-0.25, -0.2) is 4.79 Å². The number of rotatable bonds is 3. The molecule has 1 aliphatic rings. The van der Waals surface area contributed by atoms with E-state index in [0.29, 0.717) is 24.8 Å². The molecule has 1 amide bonds. The second-order valence-electron chi connectivity index (χ2n) is 6.74. The van der Waals surface area contributed by atoms with Crippen LogP contribution < -0.4 is 4.74 Å². The van der Waals surface area contributed by atoms with E-state index < -0.39 is 5.60 Å². The minimum absolute atomic E-state index is 0.0250. The van der Waals surface area contributed by atoms with Gasteiger partial charge in [0.15, 0.2) is 5.75 Å². The van der Waals surface area contributed by atoms with Crippen LogP contribution in [0.5, 0.6) is 5.75 Å². The third-order valence-electron chi connectivity index (χ3n) is 3.42. The molecule has 0 spiro atoms. The van der Waals surface area contributed by atoms with Crippen LogP contribution in [0.2, 0.25) is 0 Å². The summed E-state index contributed by atoms with van der Waals surface area (Å²) in [6, 6.07) is 1.86. The molecule has 0 radical (unpaired) electrons. The molecule has 1 aliphatic heterocycles.